The van der Waals surface area contributed by atoms with Crippen LogP contribution < -0.4 is 5.32 Å². The van der Waals surface area contributed by atoms with Crippen LogP contribution in [-0.2, 0) is 9.53 Å². The summed E-state index contributed by atoms with van der Waals surface area (Å²) in [6.07, 6.45) is 1.03. The van der Waals surface area contributed by atoms with Crippen molar-refractivity contribution in [2.24, 2.45) is 5.92 Å². The van der Waals surface area contributed by atoms with E-state index in [1.54, 1.807) is 0 Å². The van der Waals surface area contributed by atoms with E-state index in [0.29, 0.717) is 13.2 Å². The highest BCUT2D eigenvalue weighted by atomic mass is 16.5. The zero-order valence-electron chi connectivity index (χ0n) is 8.22. The predicted molar refractivity (Wildman–Crippen MR) is 49.0 cm³/mol. The molecule has 0 fully saturated rings. The number of nitrogens with one attached hydrogen (secondary N) is 1. The summed E-state index contributed by atoms with van der Waals surface area (Å²) in [6, 6.07) is 0. The lowest BCUT2D eigenvalue weighted by atomic mass is 10.2. The molecule has 0 saturated heterocycles. The van der Waals surface area contributed by atoms with Gasteiger partial charge < -0.3 is 10.1 Å². The van der Waals surface area contributed by atoms with Gasteiger partial charge in [0.05, 0.1) is 6.61 Å². The Kier molecular flexibility index (Phi) is 6.76. The molecule has 0 aliphatic heterocycles. The summed E-state index contributed by atoms with van der Waals surface area (Å²) < 4.78 is 5.20. The van der Waals surface area contributed by atoms with Crippen LogP contribution in [-0.4, -0.2) is 25.7 Å². The number of carbonyl (C=O) groups excluding carboxylic acids is 1. The van der Waals surface area contributed by atoms with Crippen molar-refractivity contribution in [1.82, 2.24) is 5.32 Å². The fraction of sp³-hybridized carbons (Fsp3) is 0.889. The summed E-state index contributed by atoms with van der Waals surface area (Å²) >= 11 is 0. The Bertz CT molecular complexity index is 124. The van der Waals surface area contributed by atoms with E-state index in [1.807, 2.05) is 13.8 Å². The maximum absolute atomic E-state index is 11.0. The molecule has 0 spiro atoms. The smallest absolute Gasteiger partial charge is 0.222 e. The molecule has 72 valence electrons. The SMILES string of the molecule is CCCOCCNC(=O)C(C)C. The Morgan fingerprint density at radius 3 is 2.58 bits per heavy atom. The van der Waals surface area contributed by atoms with Gasteiger partial charge in [-0.3, -0.25) is 4.79 Å². The molecule has 0 aliphatic rings. The van der Waals surface area contributed by atoms with E-state index in [0.717, 1.165) is 13.0 Å². The first kappa shape index (κ1) is 11.4. The lowest BCUT2D eigenvalue weighted by Gasteiger charge is -2.07. The first-order valence-electron chi connectivity index (χ1n) is 4.54. The van der Waals surface area contributed by atoms with Gasteiger partial charge in [0.15, 0.2) is 0 Å². The van der Waals surface area contributed by atoms with Crippen LogP contribution in [0.5, 0.6) is 0 Å². The van der Waals surface area contributed by atoms with Gasteiger partial charge in [-0.1, -0.05) is 20.8 Å². The topological polar surface area (TPSA) is 38.3 Å². The van der Waals surface area contributed by atoms with Gasteiger partial charge in [-0.15, -0.1) is 0 Å². The largest absolute Gasteiger partial charge is 0.380 e. The van der Waals surface area contributed by atoms with Gasteiger partial charge in [0.1, 0.15) is 0 Å². The molecule has 0 aliphatic carbocycles. The van der Waals surface area contributed by atoms with Crippen LogP contribution >= 0.6 is 0 Å². The Balaban J connectivity index is 3.14. The Hall–Kier alpha value is -0.570. The Morgan fingerprint density at radius 1 is 1.42 bits per heavy atom. The molecule has 3 nitrogen and oxygen atoms in total. The third-order valence-corrected chi connectivity index (χ3v) is 1.42. The summed E-state index contributed by atoms with van der Waals surface area (Å²) in [4.78, 5) is 11.0. The van der Waals surface area contributed by atoms with Gasteiger partial charge >= 0.3 is 0 Å². The molecule has 3 heteroatoms. The molecule has 0 saturated carbocycles. The zero-order chi connectivity index (χ0) is 9.40. The second-order valence-corrected chi connectivity index (χ2v) is 3.06. The normalized spacial score (nSPS) is 10.3. The third kappa shape index (κ3) is 6.16. The molecule has 0 bridgehead atoms. The van der Waals surface area contributed by atoms with Gasteiger partial charge in [-0.2, -0.15) is 0 Å². The van der Waals surface area contributed by atoms with Crippen molar-refractivity contribution < 1.29 is 9.53 Å². The number of ether oxygens (including phenoxy) is 1. The summed E-state index contributed by atoms with van der Waals surface area (Å²) in [5, 5.41) is 2.78. The van der Waals surface area contributed by atoms with Crippen LogP contribution in [0, 0.1) is 5.92 Å². The third-order valence-electron chi connectivity index (χ3n) is 1.42. The van der Waals surface area contributed by atoms with Crippen molar-refractivity contribution >= 4 is 5.91 Å². The maximum atomic E-state index is 11.0. The minimum atomic E-state index is 0.0659. The molecule has 0 unspecified atom stereocenters. The van der Waals surface area contributed by atoms with Crippen molar-refractivity contribution in [1.29, 1.82) is 0 Å². The molecule has 0 rings (SSSR count). The molecule has 0 atom stereocenters. The van der Waals surface area contributed by atoms with Gasteiger partial charge in [0.2, 0.25) is 5.91 Å². The lowest BCUT2D eigenvalue weighted by Crippen LogP contribution is -2.30. The highest BCUT2D eigenvalue weighted by Crippen LogP contribution is 1.89. The van der Waals surface area contributed by atoms with Crippen LogP contribution in [0.25, 0.3) is 0 Å². The highest BCUT2D eigenvalue weighted by Gasteiger charge is 2.04. The van der Waals surface area contributed by atoms with Crippen LogP contribution in [0.4, 0.5) is 0 Å². The van der Waals surface area contributed by atoms with Crippen molar-refractivity contribution in [3.63, 3.8) is 0 Å². The minimum Gasteiger partial charge on any atom is -0.380 e. The van der Waals surface area contributed by atoms with Crippen LogP contribution in [0.15, 0.2) is 0 Å². The van der Waals surface area contributed by atoms with Gasteiger partial charge in [0, 0.05) is 19.1 Å². The first-order chi connectivity index (χ1) is 5.68. The van der Waals surface area contributed by atoms with Crippen LogP contribution in [0.1, 0.15) is 27.2 Å². The number of amides is 1. The molecule has 0 aromatic carbocycles. The molecule has 0 heterocycles. The molecule has 1 N–H and O–H groups in total. The first-order valence-corrected chi connectivity index (χ1v) is 4.54. The molecule has 12 heavy (non-hydrogen) atoms. The fourth-order valence-electron chi connectivity index (χ4n) is 0.697. The Labute approximate surface area is 74.5 Å². The lowest BCUT2D eigenvalue weighted by molar-refractivity contribution is -0.124. The number of hydrogen-bond donors (Lipinski definition) is 1. The quantitative estimate of drug-likeness (QED) is 0.613. The van der Waals surface area contributed by atoms with Crippen molar-refractivity contribution in [2.75, 3.05) is 19.8 Å². The molecular weight excluding hydrogens is 154 g/mol. The summed E-state index contributed by atoms with van der Waals surface area (Å²) in [6.45, 7) is 7.83. The second-order valence-electron chi connectivity index (χ2n) is 3.06. The predicted octanol–water partition coefficient (Wildman–Crippen LogP) is 1.19. The van der Waals surface area contributed by atoms with E-state index in [9.17, 15) is 4.79 Å². The fourth-order valence-corrected chi connectivity index (χ4v) is 0.697. The molecular formula is C9H19NO2. The van der Waals surface area contributed by atoms with Crippen LogP contribution in [0.3, 0.4) is 0 Å². The average molecular weight is 173 g/mol. The van der Waals surface area contributed by atoms with Crippen LogP contribution in [0.2, 0.25) is 0 Å². The maximum Gasteiger partial charge on any atom is 0.222 e. The van der Waals surface area contributed by atoms with Crippen molar-refractivity contribution in [3.8, 4) is 0 Å². The van der Waals surface area contributed by atoms with E-state index in [4.69, 9.17) is 4.74 Å². The average Bonchev–Trinajstić information content (AvgIpc) is 2.03. The minimum absolute atomic E-state index is 0.0659. The second kappa shape index (κ2) is 7.10. The molecule has 0 aromatic rings. The van der Waals surface area contributed by atoms with E-state index in [1.165, 1.54) is 0 Å². The van der Waals surface area contributed by atoms with Gasteiger partial charge in [0.25, 0.3) is 0 Å². The molecule has 1 amide bonds. The van der Waals surface area contributed by atoms with E-state index < -0.39 is 0 Å². The summed E-state index contributed by atoms with van der Waals surface area (Å²) in [5.74, 6) is 0.159. The Morgan fingerprint density at radius 2 is 2.08 bits per heavy atom. The molecule has 0 radical (unpaired) electrons. The molecule has 0 aromatic heterocycles. The number of carbonyl (C=O) groups is 1. The highest BCUT2D eigenvalue weighted by molar-refractivity contribution is 5.77. The number of hydrogen-bond acceptors (Lipinski definition) is 2. The van der Waals surface area contributed by atoms with Gasteiger partial charge in [-0.05, 0) is 6.42 Å². The summed E-state index contributed by atoms with van der Waals surface area (Å²) in [5.41, 5.74) is 0. The zero-order valence-corrected chi connectivity index (χ0v) is 8.22. The van der Waals surface area contributed by atoms with Crippen molar-refractivity contribution in [3.05, 3.63) is 0 Å². The van der Waals surface area contributed by atoms with E-state index in [2.05, 4.69) is 12.2 Å². The van der Waals surface area contributed by atoms with E-state index in [-0.39, 0.29) is 11.8 Å². The monoisotopic (exact) mass is 173 g/mol. The summed E-state index contributed by atoms with van der Waals surface area (Å²) in [7, 11) is 0. The van der Waals surface area contributed by atoms with E-state index >= 15 is 0 Å². The number of rotatable bonds is 6. The standard InChI is InChI=1S/C9H19NO2/c1-4-6-12-7-5-10-9(11)8(2)3/h8H,4-7H2,1-3H3,(H,10,11). The van der Waals surface area contributed by atoms with Gasteiger partial charge in [-0.25, -0.2) is 0 Å². The van der Waals surface area contributed by atoms with Crippen molar-refractivity contribution in [2.45, 2.75) is 27.2 Å².